The molecule has 1 aromatic rings. The lowest BCUT2D eigenvalue weighted by molar-refractivity contribution is 0.600. The molecule has 2 rings (SSSR count). The van der Waals surface area contributed by atoms with Gasteiger partial charge in [0.25, 0.3) is 0 Å². The maximum Gasteiger partial charge on any atom is 0.152 e. The first-order valence-electron chi connectivity index (χ1n) is 5.41. The summed E-state index contributed by atoms with van der Waals surface area (Å²) in [6.45, 7) is 1.84. The molecule has 1 atom stereocenters. The van der Waals surface area contributed by atoms with E-state index in [9.17, 15) is 8.42 Å². The van der Waals surface area contributed by atoms with Crippen molar-refractivity contribution in [1.29, 1.82) is 0 Å². The summed E-state index contributed by atoms with van der Waals surface area (Å²) in [7, 11) is -1.04. The highest BCUT2D eigenvalue weighted by Crippen LogP contribution is 2.25. The molecule has 0 aromatic carbocycles. The van der Waals surface area contributed by atoms with Crippen LogP contribution in [0.1, 0.15) is 12.0 Å². The van der Waals surface area contributed by atoms with Crippen molar-refractivity contribution >= 4 is 21.5 Å². The van der Waals surface area contributed by atoms with Gasteiger partial charge in [-0.15, -0.1) is 0 Å². The molecule has 0 amide bonds. The summed E-state index contributed by atoms with van der Waals surface area (Å²) in [6.07, 6.45) is 2.04. The lowest BCUT2D eigenvalue weighted by Crippen LogP contribution is -2.33. The number of nitrogen functional groups attached to an aromatic ring is 1. The number of aromatic nitrogens is 2. The molecular formula is C10H16N4O2S. The van der Waals surface area contributed by atoms with Crippen LogP contribution in [-0.4, -0.2) is 43.0 Å². The van der Waals surface area contributed by atoms with Gasteiger partial charge in [-0.2, -0.15) is 0 Å². The van der Waals surface area contributed by atoms with E-state index in [4.69, 9.17) is 5.73 Å². The maximum absolute atomic E-state index is 11.4. The molecular weight excluding hydrogens is 240 g/mol. The van der Waals surface area contributed by atoms with Crippen LogP contribution in [0.2, 0.25) is 0 Å². The van der Waals surface area contributed by atoms with Gasteiger partial charge in [0.05, 0.1) is 11.5 Å². The SMILES string of the molecule is Cc1c(N)ncnc1N(C)C1CCS(=O)(=O)C1. The smallest absolute Gasteiger partial charge is 0.152 e. The van der Waals surface area contributed by atoms with E-state index in [0.29, 0.717) is 18.1 Å². The van der Waals surface area contributed by atoms with Gasteiger partial charge in [-0.1, -0.05) is 0 Å². The number of hydrogen-bond donors (Lipinski definition) is 1. The minimum absolute atomic E-state index is 0.0204. The van der Waals surface area contributed by atoms with Gasteiger partial charge in [0, 0.05) is 18.7 Å². The average molecular weight is 256 g/mol. The molecule has 0 saturated carbocycles. The van der Waals surface area contributed by atoms with Gasteiger partial charge in [-0.05, 0) is 13.3 Å². The molecule has 17 heavy (non-hydrogen) atoms. The second kappa shape index (κ2) is 4.14. The summed E-state index contributed by atoms with van der Waals surface area (Å²) in [4.78, 5) is 9.96. The summed E-state index contributed by atoms with van der Waals surface area (Å²) >= 11 is 0. The van der Waals surface area contributed by atoms with Crippen LogP contribution in [0.15, 0.2) is 6.33 Å². The van der Waals surface area contributed by atoms with Gasteiger partial charge in [0.15, 0.2) is 9.84 Å². The number of sulfone groups is 1. The van der Waals surface area contributed by atoms with Crippen molar-refractivity contribution in [2.45, 2.75) is 19.4 Å². The second-order valence-electron chi connectivity index (χ2n) is 4.38. The summed E-state index contributed by atoms with van der Waals surface area (Å²) in [5.41, 5.74) is 6.51. The number of nitrogens with two attached hydrogens (primary N) is 1. The van der Waals surface area contributed by atoms with Gasteiger partial charge >= 0.3 is 0 Å². The van der Waals surface area contributed by atoms with E-state index in [1.54, 1.807) is 0 Å². The van der Waals surface area contributed by atoms with E-state index in [1.165, 1.54) is 6.33 Å². The monoisotopic (exact) mass is 256 g/mol. The van der Waals surface area contributed by atoms with Crippen molar-refractivity contribution in [1.82, 2.24) is 9.97 Å². The highest BCUT2D eigenvalue weighted by Gasteiger charge is 2.31. The molecule has 1 saturated heterocycles. The Kier molecular flexibility index (Phi) is 2.94. The van der Waals surface area contributed by atoms with Crippen molar-refractivity contribution in [2.24, 2.45) is 0 Å². The highest BCUT2D eigenvalue weighted by molar-refractivity contribution is 7.91. The van der Waals surface area contributed by atoms with Gasteiger partial charge < -0.3 is 10.6 Å². The minimum Gasteiger partial charge on any atom is -0.383 e. The largest absolute Gasteiger partial charge is 0.383 e. The van der Waals surface area contributed by atoms with Gasteiger partial charge in [0.2, 0.25) is 0 Å². The van der Waals surface area contributed by atoms with Crippen molar-refractivity contribution in [3.63, 3.8) is 0 Å². The van der Waals surface area contributed by atoms with E-state index in [2.05, 4.69) is 9.97 Å². The lowest BCUT2D eigenvalue weighted by atomic mass is 10.2. The van der Waals surface area contributed by atoms with E-state index >= 15 is 0 Å². The van der Waals surface area contributed by atoms with E-state index in [1.807, 2.05) is 18.9 Å². The van der Waals surface area contributed by atoms with Crippen molar-refractivity contribution < 1.29 is 8.42 Å². The predicted molar refractivity (Wildman–Crippen MR) is 66.6 cm³/mol. The first kappa shape index (κ1) is 12.1. The summed E-state index contributed by atoms with van der Waals surface area (Å²) in [6, 6.07) is -0.0204. The van der Waals surface area contributed by atoms with E-state index < -0.39 is 9.84 Å². The third-order valence-corrected chi connectivity index (χ3v) is 4.94. The molecule has 0 spiro atoms. The Balaban J connectivity index is 2.26. The molecule has 0 radical (unpaired) electrons. The molecule has 0 aliphatic carbocycles. The fourth-order valence-corrected chi connectivity index (χ4v) is 3.84. The summed E-state index contributed by atoms with van der Waals surface area (Å²) < 4.78 is 22.9. The summed E-state index contributed by atoms with van der Waals surface area (Å²) in [5.74, 6) is 1.58. The molecule has 1 unspecified atom stereocenters. The first-order chi connectivity index (χ1) is 7.91. The van der Waals surface area contributed by atoms with Crippen LogP contribution in [0.4, 0.5) is 11.6 Å². The number of rotatable bonds is 2. The fourth-order valence-electron chi connectivity index (χ4n) is 2.06. The molecule has 1 aliphatic rings. The molecule has 2 N–H and O–H groups in total. The molecule has 1 fully saturated rings. The Morgan fingerprint density at radius 2 is 2.18 bits per heavy atom. The highest BCUT2D eigenvalue weighted by atomic mass is 32.2. The molecule has 0 bridgehead atoms. The van der Waals surface area contributed by atoms with Crippen molar-refractivity contribution in [3.05, 3.63) is 11.9 Å². The standard InChI is InChI=1S/C10H16N4O2S/c1-7-9(11)12-6-13-10(7)14(2)8-3-4-17(15,16)5-8/h6,8H,3-5H2,1-2H3,(H2,11,12,13). The normalized spacial score (nSPS) is 22.6. The molecule has 94 valence electrons. The van der Waals surface area contributed by atoms with Crippen LogP contribution in [-0.2, 0) is 9.84 Å². The molecule has 7 heteroatoms. The molecule has 6 nitrogen and oxygen atoms in total. The zero-order chi connectivity index (χ0) is 12.6. The Bertz CT molecular complexity index is 529. The Morgan fingerprint density at radius 3 is 2.76 bits per heavy atom. The minimum atomic E-state index is -2.89. The van der Waals surface area contributed by atoms with E-state index in [0.717, 1.165) is 5.56 Å². The topological polar surface area (TPSA) is 89.2 Å². The van der Waals surface area contributed by atoms with Crippen LogP contribution in [0, 0.1) is 6.92 Å². The number of nitrogens with zero attached hydrogens (tertiary/aromatic N) is 3. The molecule has 1 aromatic heterocycles. The maximum atomic E-state index is 11.4. The zero-order valence-corrected chi connectivity index (χ0v) is 10.7. The summed E-state index contributed by atoms with van der Waals surface area (Å²) in [5, 5.41) is 0. The fraction of sp³-hybridized carbons (Fsp3) is 0.600. The third kappa shape index (κ3) is 2.33. The number of anilines is 2. The molecule has 2 heterocycles. The Morgan fingerprint density at radius 1 is 1.47 bits per heavy atom. The average Bonchev–Trinajstić information content (AvgIpc) is 2.62. The third-order valence-electron chi connectivity index (χ3n) is 3.19. The quantitative estimate of drug-likeness (QED) is 0.800. The van der Waals surface area contributed by atoms with Crippen LogP contribution >= 0.6 is 0 Å². The molecule has 1 aliphatic heterocycles. The Labute approximate surface area is 101 Å². The van der Waals surface area contributed by atoms with Crippen LogP contribution in [0.5, 0.6) is 0 Å². The first-order valence-corrected chi connectivity index (χ1v) is 7.23. The van der Waals surface area contributed by atoms with E-state index in [-0.39, 0.29) is 17.5 Å². The second-order valence-corrected chi connectivity index (χ2v) is 6.60. The van der Waals surface area contributed by atoms with Gasteiger partial charge in [-0.25, -0.2) is 18.4 Å². The van der Waals surface area contributed by atoms with Crippen LogP contribution < -0.4 is 10.6 Å². The Hall–Kier alpha value is -1.37. The van der Waals surface area contributed by atoms with Crippen LogP contribution in [0.3, 0.4) is 0 Å². The number of hydrogen-bond acceptors (Lipinski definition) is 6. The van der Waals surface area contributed by atoms with Gasteiger partial charge in [-0.3, -0.25) is 0 Å². The predicted octanol–water partition coefficient (Wildman–Crippen LogP) is -0.00948. The lowest BCUT2D eigenvalue weighted by Gasteiger charge is -2.25. The van der Waals surface area contributed by atoms with Crippen molar-refractivity contribution in [2.75, 3.05) is 29.2 Å². The zero-order valence-electron chi connectivity index (χ0n) is 9.92. The van der Waals surface area contributed by atoms with Gasteiger partial charge in [0.1, 0.15) is 18.0 Å². The van der Waals surface area contributed by atoms with Crippen LogP contribution in [0.25, 0.3) is 0 Å². The van der Waals surface area contributed by atoms with Crippen molar-refractivity contribution in [3.8, 4) is 0 Å².